The van der Waals surface area contributed by atoms with Crippen LogP contribution < -0.4 is 4.90 Å². The van der Waals surface area contributed by atoms with Crippen LogP contribution in [0.1, 0.15) is 0 Å². The Morgan fingerprint density at radius 3 is 1.42 bits per heavy atom. The second-order valence-electron chi connectivity index (χ2n) is 12.1. The van der Waals surface area contributed by atoms with Crippen LogP contribution in [0.15, 0.2) is 188 Å². The highest BCUT2D eigenvalue weighted by Crippen LogP contribution is 2.48. The minimum Gasteiger partial charge on any atom is -0.310 e. The van der Waals surface area contributed by atoms with Gasteiger partial charge in [0.05, 0.1) is 5.69 Å². The molecule has 0 saturated heterocycles. The fraction of sp³-hybridized carbons (Fsp3) is 0. The van der Waals surface area contributed by atoms with Crippen LogP contribution >= 0.6 is 11.3 Å². The SMILES string of the molecule is c1ccc(-c2ccc(N(c3ccc(-c4ccccc4)cc3)c3cccc4c(-c5ccccc5)cc5c6ccccc6sc5c34)cc2)cc1. The van der Waals surface area contributed by atoms with Crippen LogP contribution in [0.4, 0.5) is 17.1 Å². The first-order valence-electron chi connectivity index (χ1n) is 16.4. The van der Waals surface area contributed by atoms with Crippen molar-refractivity contribution in [2.45, 2.75) is 0 Å². The number of nitrogens with zero attached hydrogens (tertiary/aromatic N) is 1. The van der Waals surface area contributed by atoms with Gasteiger partial charge in [0.1, 0.15) is 0 Å². The van der Waals surface area contributed by atoms with E-state index in [1.165, 1.54) is 70.0 Å². The van der Waals surface area contributed by atoms with E-state index in [1.807, 2.05) is 11.3 Å². The summed E-state index contributed by atoms with van der Waals surface area (Å²) < 4.78 is 2.62. The molecule has 0 N–H and O–H groups in total. The molecule has 0 atom stereocenters. The Morgan fingerprint density at radius 2 is 0.833 bits per heavy atom. The number of hydrogen-bond donors (Lipinski definition) is 0. The van der Waals surface area contributed by atoms with Gasteiger partial charge in [0.25, 0.3) is 0 Å². The lowest BCUT2D eigenvalue weighted by Crippen LogP contribution is -2.10. The molecule has 8 aromatic carbocycles. The van der Waals surface area contributed by atoms with Crippen molar-refractivity contribution in [1.29, 1.82) is 0 Å². The Kier molecular flexibility index (Phi) is 7.07. The second-order valence-corrected chi connectivity index (χ2v) is 13.2. The molecule has 48 heavy (non-hydrogen) atoms. The minimum absolute atomic E-state index is 1.12. The fourth-order valence-corrected chi connectivity index (χ4v) is 8.21. The third kappa shape index (κ3) is 4.95. The molecule has 0 bridgehead atoms. The van der Waals surface area contributed by atoms with E-state index in [0.29, 0.717) is 0 Å². The Bertz CT molecular complexity index is 2430. The first-order valence-corrected chi connectivity index (χ1v) is 17.2. The van der Waals surface area contributed by atoms with Gasteiger partial charge in [0, 0.05) is 36.9 Å². The summed E-state index contributed by atoms with van der Waals surface area (Å²) in [7, 11) is 0. The molecule has 0 aliphatic rings. The Hall–Kier alpha value is -5.96. The minimum atomic E-state index is 1.12. The second kappa shape index (κ2) is 12.0. The number of anilines is 3. The van der Waals surface area contributed by atoms with Crippen molar-refractivity contribution in [2.24, 2.45) is 0 Å². The van der Waals surface area contributed by atoms with E-state index < -0.39 is 0 Å². The van der Waals surface area contributed by atoms with Gasteiger partial charge in [-0.15, -0.1) is 11.3 Å². The molecule has 0 fully saturated rings. The molecule has 2 heteroatoms. The van der Waals surface area contributed by atoms with Crippen molar-refractivity contribution in [3.05, 3.63) is 188 Å². The topological polar surface area (TPSA) is 3.24 Å². The highest BCUT2D eigenvalue weighted by atomic mass is 32.1. The summed E-state index contributed by atoms with van der Waals surface area (Å²) in [5, 5.41) is 5.13. The molecule has 0 radical (unpaired) electrons. The first-order chi connectivity index (χ1) is 23.8. The predicted octanol–water partition coefficient (Wildman–Crippen LogP) is 13.7. The zero-order chi connectivity index (χ0) is 31.9. The number of thiophene rings is 1. The molecule has 0 aliphatic carbocycles. The average molecular weight is 630 g/mol. The van der Waals surface area contributed by atoms with Crippen molar-refractivity contribution in [3.8, 4) is 33.4 Å². The molecule has 9 aromatic rings. The maximum Gasteiger partial charge on any atom is 0.0554 e. The van der Waals surface area contributed by atoms with E-state index in [1.54, 1.807) is 0 Å². The Morgan fingerprint density at radius 1 is 0.354 bits per heavy atom. The van der Waals surface area contributed by atoms with Gasteiger partial charge >= 0.3 is 0 Å². The van der Waals surface area contributed by atoms with Gasteiger partial charge in [-0.3, -0.25) is 0 Å². The zero-order valence-electron chi connectivity index (χ0n) is 26.3. The van der Waals surface area contributed by atoms with Crippen molar-refractivity contribution < 1.29 is 0 Å². The number of fused-ring (bicyclic) bond motifs is 5. The van der Waals surface area contributed by atoms with E-state index in [-0.39, 0.29) is 0 Å². The summed E-state index contributed by atoms with van der Waals surface area (Å²) in [6, 6.07) is 68.0. The third-order valence-electron chi connectivity index (χ3n) is 9.27. The highest BCUT2D eigenvalue weighted by molar-refractivity contribution is 7.26. The smallest absolute Gasteiger partial charge is 0.0554 e. The first kappa shape index (κ1) is 28.3. The van der Waals surface area contributed by atoms with Crippen LogP contribution in [0.3, 0.4) is 0 Å². The van der Waals surface area contributed by atoms with Crippen LogP contribution in [-0.2, 0) is 0 Å². The van der Waals surface area contributed by atoms with Gasteiger partial charge < -0.3 is 4.90 Å². The van der Waals surface area contributed by atoms with Crippen LogP contribution in [0.2, 0.25) is 0 Å². The molecule has 9 rings (SSSR count). The van der Waals surface area contributed by atoms with E-state index in [0.717, 1.165) is 11.4 Å². The lowest BCUT2D eigenvalue weighted by atomic mass is 9.94. The molecule has 1 nitrogen and oxygen atoms in total. The molecule has 1 heterocycles. The number of rotatable bonds is 6. The maximum absolute atomic E-state index is 2.43. The molecule has 226 valence electrons. The van der Waals surface area contributed by atoms with Gasteiger partial charge in [0.2, 0.25) is 0 Å². The molecular weight excluding hydrogens is 599 g/mol. The Balaban J connectivity index is 1.31. The van der Waals surface area contributed by atoms with E-state index >= 15 is 0 Å². The summed E-state index contributed by atoms with van der Waals surface area (Å²) in [5.41, 5.74) is 10.7. The highest BCUT2D eigenvalue weighted by Gasteiger charge is 2.21. The van der Waals surface area contributed by atoms with Gasteiger partial charge in [-0.05, 0) is 81.2 Å². The van der Waals surface area contributed by atoms with Crippen molar-refractivity contribution >= 4 is 59.3 Å². The van der Waals surface area contributed by atoms with Gasteiger partial charge in [-0.2, -0.15) is 0 Å². The molecule has 1 aromatic heterocycles. The third-order valence-corrected chi connectivity index (χ3v) is 10.5. The average Bonchev–Trinajstić information content (AvgIpc) is 3.55. The molecule has 0 saturated carbocycles. The normalized spacial score (nSPS) is 11.3. The van der Waals surface area contributed by atoms with Crippen LogP contribution in [0.25, 0.3) is 64.3 Å². The monoisotopic (exact) mass is 629 g/mol. The van der Waals surface area contributed by atoms with Crippen LogP contribution in [0, 0.1) is 0 Å². The summed E-state index contributed by atoms with van der Waals surface area (Å²) in [4.78, 5) is 2.43. The summed E-state index contributed by atoms with van der Waals surface area (Å²) in [6.07, 6.45) is 0. The van der Waals surface area contributed by atoms with Gasteiger partial charge in [-0.25, -0.2) is 0 Å². The largest absolute Gasteiger partial charge is 0.310 e. The van der Waals surface area contributed by atoms with Crippen molar-refractivity contribution in [3.63, 3.8) is 0 Å². The summed E-state index contributed by atoms with van der Waals surface area (Å²) >= 11 is 1.89. The van der Waals surface area contributed by atoms with Crippen molar-refractivity contribution in [2.75, 3.05) is 4.90 Å². The van der Waals surface area contributed by atoms with E-state index in [4.69, 9.17) is 0 Å². The summed E-state index contributed by atoms with van der Waals surface area (Å²) in [5.74, 6) is 0. The standard InChI is InChI=1S/C46H31NS/c1-4-13-32(14-5-1)34-23-27-37(28-24-34)47(38-29-25-35(26-30-38)33-15-6-2-7-16-33)43-21-12-20-40-41(36-17-8-3-9-18-36)31-42-39-19-10-11-22-44(39)48-46(42)45(40)43/h1-31H. The van der Waals surface area contributed by atoms with Gasteiger partial charge in [0.15, 0.2) is 0 Å². The van der Waals surface area contributed by atoms with Crippen molar-refractivity contribution in [1.82, 2.24) is 0 Å². The predicted molar refractivity (Wildman–Crippen MR) is 208 cm³/mol. The molecule has 0 aliphatic heterocycles. The lowest BCUT2D eigenvalue weighted by Gasteiger charge is -2.28. The van der Waals surface area contributed by atoms with E-state index in [2.05, 4.69) is 193 Å². The lowest BCUT2D eigenvalue weighted by molar-refractivity contribution is 1.30. The number of hydrogen-bond acceptors (Lipinski definition) is 2. The fourth-order valence-electron chi connectivity index (χ4n) is 6.96. The number of benzene rings is 8. The van der Waals surface area contributed by atoms with Crippen LogP contribution in [-0.4, -0.2) is 0 Å². The van der Waals surface area contributed by atoms with E-state index in [9.17, 15) is 0 Å². The molecular formula is C46H31NS. The quantitative estimate of drug-likeness (QED) is 0.177. The Labute approximate surface area is 284 Å². The van der Waals surface area contributed by atoms with Gasteiger partial charge in [-0.1, -0.05) is 146 Å². The zero-order valence-corrected chi connectivity index (χ0v) is 27.1. The summed E-state index contributed by atoms with van der Waals surface area (Å²) in [6.45, 7) is 0. The molecule has 0 unspecified atom stereocenters. The molecule has 0 amide bonds. The van der Waals surface area contributed by atoms with Crippen LogP contribution in [0.5, 0.6) is 0 Å². The maximum atomic E-state index is 2.43. The molecule has 0 spiro atoms.